The van der Waals surface area contributed by atoms with E-state index in [1.807, 2.05) is 18.2 Å². The van der Waals surface area contributed by atoms with E-state index >= 15 is 0 Å². The fraction of sp³-hybridized carbons (Fsp3) is 0.538. The zero-order valence-corrected chi connectivity index (χ0v) is 11.0. The molecule has 1 aliphatic heterocycles. The van der Waals surface area contributed by atoms with Gasteiger partial charge in [-0.2, -0.15) is 0 Å². The molecule has 0 aromatic heterocycles. The summed E-state index contributed by atoms with van der Waals surface area (Å²) >= 11 is 6.00. The standard InChI is InChI=1S/C13H18ClNO2/c1-9(10-5-6-17-8-10)15-12-7-11(14)3-4-13(12)16-2/h3-4,7,9-10,15H,5-6,8H2,1-2H3. The molecule has 2 rings (SSSR count). The van der Waals surface area contributed by atoms with E-state index in [0.29, 0.717) is 17.0 Å². The van der Waals surface area contributed by atoms with Crippen LogP contribution in [0.4, 0.5) is 5.69 Å². The Morgan fingerprint density at radius 3 is 3.00 bits per heavy atom. The topological polar surface area (TPSA) is 30.5 Å². The maximum absolute atomic E-state index is 6.00. The molecule has 0 saturated carbocycles. The lowest BCUT2D eigenvalue weighted by Gasteiger charge is -2.22. The van der Waals surface area contributed by atoms with E-state index in [9.17, 15) is 0 Å². The van der Waals surface area contributed by atoms with Crippen molar-refractivity contribution >= 4 is 17.3 Å². The van der Waals surface area contributed by atoms with Crippen molar-refractivity contribution in [1.29, 1.82) is 0 Å². The molecular weight excluding hydrogens is 238 g/mol. The first-order valence-corrected chi connectivity index (χ1v) is 6.26. The minimum Gasteiger partial charge on any atom is -0.495 e. The molecule has 2 unspecified atom stereocenters. The van der Waals surface area contributed by atoms with Crippen LogP contribution in [-0.2, 0) is 4.74 Å². The Morgan fingerprint density at radius 2 is 2.35 bits per heavy atom. The lowest BCUT2D eigenvalue weighted by molar-refractivity contribution is 0.183. The number of methoxy groups -OCH3 is 1. The molecule has 1 N–H and O–H groups in total. The fourth-order valence-corrected chi connectivity index (χ4v) is 2.28. The van der Waals surface area contributed by atoms with Gasteiger partial charge in [-0.1, -0.05) is 11.6 Å². The number of rotatable bonds is 4. The van der Waals surface area contributed by atoms with Crippen LogP contribution in [0.3, 0.4) is 0 Å². The number of anilines is 1. The highest BCUT2D eigenvalue weighted by molar-refractivity contribution is 6.30. The molecule has 1 heterocycles. The van der Waals surface area contributed by atoms with Gasteiger partial charge < -0.3 is 14.8 Å². The second-order valence-corrected chi connectivity index (χ2v) is 4.84. The van der Waals surface area contributed by atoms with Crippen molar-refractivity contribution in [3.05, 3.63) is 23.2 Å². The molecule has 2 atom stereocenters. The highest BCUT2D eigenvalue weighted by atomic mass is 35.5. The van der Waals surface area contributed by atoms with E-state index in [4.69, 9.17) is 21.1 Å². The van der Waals surface area contributed by atoms with Gasteiger partial charge in [-0.3, -0.25) is 0 Å². The third-order valence-corrected chi connectivity index (χ3v) is 3.45. The molecule has 0 spiro atoms. The molecule has 3 nitrogen and oxygen atoms in total. The van der Waals surface area contributed by atoms with Crippen LogP contribution in [0.5, 0.6) is 5.75 Å². The molecule has 1 aliphatic rings. The van der Waals surface area contributed by atoms with Crippen LogP contribution in [0.25, 0.3) is 0 Å². The second kappa shape index (κ2) is 5.61. The predicted octanol–water partition coefficient (Wildman–Crippen LogP) is 3.19. The molecule has 1 aromatic carbocycles. The number of nitrogens with one attached hydrogen (secondary N) is 1. The highest BCUT2D eigenvalue weighted by Gasteiger charge is 2.22. The largest absolute Gasteiger partial charge is 0.495 e. The van der Waals surface area contributed by atoms with Gasteiger partial charge in [0.25, 0.3) is 0 Å². The summed E-state index contributed by atoms with van der Waals surface area (Å²) in [5, 5.41) is 4.17. The molecule has 94 valence electrons. The Bertz CT molecular complexity index is 378. The summed E-state index contributed by atoms with van der Waals surface area (Å²) in [5.74, 6) is 1.37. The molecule has 1 aromatic rings. The summed E-state index contributed by atoms with van der Waals surface area (Å²) in [6, 6.07) is 5.95. The van der Waals surface area contributed by atoms with Gasteiger partial charge in [0.05, 0.1) is 19.4 Å². The molecule has 4 heteroatoms. The quantitative estimate of drug-likeness (QED) is 0.896. The maximum atomic E-state index is 6.00. The minimum absolute atomic E-state index is 0.352. The van der Waals surface area contributed by atoms with Crippen LogP contribution in [0.2, 0.25) is 5.02 Å². The first-order chi connectivity index (χ1) is 8.20. The maximum Gasteiger partial charge on any atom is 0.142 e. The van der Waals surface area contributed by atoms with Gasteiger partial charge >= 0.3 is 0 Å². The molecule has 0 amide bonds. The lowest BCUT2D eigenvalue weighted by Crippen LogP contribution is -2.26. The second-order valence-electron chi connectivity index (χ2n) is 4.40. The number of hydrogen-bond acceptors (Lipinski definition) is 3. The van der Waals surface area contributed by atoms with Crippen molar-refractivity contribution in [2.75, 3.05) is 25.6 Å². The van der Waals surface area contributed by atoms with Crippen molar-refractivity contribution in [1.82, 2.24) is 0 Å². The summed E-state index contributed by atoms with van der Waals surface area (Å²) in [6.07, 6.45) is 1.11. The first-order valence-electron chi connectivity index (χ1n) is 5.88. The van der Waals surface area contributed by atoms with E-state index < -0.39 is 0 Å². The average molecular weight is 256 g/mol. The number of benzene rings is 1. The summed E-state index contributed by atoms with van der Waals surface area (Å²) in [5.41, 5.74) is 0.944. The Kier molecular flexibility index (Phi) is 4.13. The molecule has 0 aliphatic carbocycles. The average Bonchev–Trinajstić information content (AvgIpc) is 2.83. The third-order valence-electron chi connectivity index (χ3n) is 3.22. The van der Waals surface area contributed by atoms with Gasteiger partial charge in [0.15, 0.2) is 0 Å². The van der Waals surface area contributed by atoms with E-state index in [-0.39, 0.29) is 0 Å². The molecule has 17 heavy (non-hydrogen) atoms. The van der Waals surface area contributed by atoms with Crippen LogP contribution >= 0.6 is 11.6 Å². The number of halogens is 1. The first kappa shape index (κ1) is 12.5. The zero-order chi connectivity index (χ0) is 12.3. The van der Waals surface area contributed by atoms with E-state index in [1.54, 1.807) is 7.11 Å². The van der Waals surface area contributed by atoms with E-state index in [1.165, 1.54) is 0 Å². The van der Waals surface area contributed by atoms with Crippen molar-refractivity contribution < 1.29 is 9.47 Å². The molecule has 0 radical (unpaired) electrons. The highest BCUT2D eigenvalue weighted by Crippen LogP contribution is 2.30. The summed E-state index contributed by atoms with van der Waals surface area (Å²) in [6.45, 7) is 3.86. The zero-order valence-electron chi connectivity index (χ0n) is 10.2. The number of ether oxygens (including phenoxy) is 2. The monoisotopic (exact) mass is 255 g/mol. The third kappa shape index (κ3) is 3.05. The molecule has 1 saturated heterocycles. The Morgan fingerprint density at radius 1 is 1.53 bits per heavy atom. The summed E-state index contributed by atoms with van der Waals surface area (Å²) in [4.78, 5) is 0. The van der Waals surface area contributed by atoms with Crippen molar-refractivity contribution in [2.45, 2.75) is 19.4 Å². The van der Waals surface area contributed by atoms with E-state index in [2.05, 4.69) is 12.2 Å². The lowest BCUT2D eigenvalue weighted by atomic mass is 10.0. The molecular formula is C13H18ClNO2. The van der Waals surface area contributed by atoms with Crippen LogP contribution < -0.4 is 10.1 Å². The van der Waals surface area contributed by atoms with E-state index in [0.717, 1.165) is 31.1 Å². The van der Waals surface area contributed by atoms with Gasteiger partial charge in [0.1, 0.15) is 5.75 Å². The molecule has 0 bridgehead atoms. The van der Waals surface area contributed by atoms with Crippen LogP contribution in [0, 0.1) is 5.92 Å². The smallest absolute Gasteiger partial charge is 0.142 e. The van der Waals surface area contributed by atoms with Crippen molar-refractivity contribution in [2.24, 2.45) is 5.92 Å². The van der Waals surface area contributed by atoms with Crippen LogP contribution in [0.1, 0.15) is 13.3 Å². The van der Waals surface area contributed by atoms with Gasteiger partial charge in [-0.25, -0.2) is 0 Å². The Balaban J connectivity index is 2.08. The minimum atomic E-state index is 0.352. The summed E-state index contributed by atoms with van der Waals surface area (Å²) < 4.78 is 10.7. The summed E-state index contributed by atoms with van der Waals surface area (Å²) in [7, 11) is 1.66. The fourth-order valence-electron chi connectivity index (χ4n) is 2.10. The number of hydrogen-bond donors (Lipinski definition) is 1. The van der Waals surface area contributed by atoms with Gasteiger partial charge in [0, 0.05) is 23.6 Å². The molecule has 1 fully saturated rings. The SMILES string of the molecule is COc1ccc(Cl)cc1NC(C)C1CCOC1. The van der Waals surface area contributed by atoms with Gasteiger partial charge in [0.2, 0.25) is 0 Å². The predicted molar refractivity (Wildman–Crippen MR) is 70.0 cm³/mol. The van der Waals surface area contributed by atoms with Gasteiger partial charge in [-0.15, -0.1) is 0 Å². The van der Waals surface area contributed by atoms with Gasteiger partial charge in [-0.05, 0) is 31.5 Å². The normalized spacial score (nSPS) is 21.2. The van der Waals surface area contributed by atoms with Crippen molar-refractivity contribution in [3.63, 3.8) is 0 Å². The van der Waals surface area contributed by atoms with Crippen molar-refractivity contribution in [3.8, 4) is 5.75 Å². The van der Waals surface area contributed by atoms with Crippen LogP contribution in [-0.4, -0.2) is 26.4 Å². The van der Waals surface area contributed by atoms with Crippen LogP contribution in [0.15, 0.2) is 18.2 Å². The Hall–Kier alpha value is -0.930. The Labute approximate surface area is 107 Å².